The fourth-order valence-corrected chi connectivity index (χ4v) is 1.98. The molecular formula is C14H10FN3O2. The van der Waals surface area contributed by atoms with E-state index >= 15 is 0 Å². The molecule has 0 radical (unpaired) electrons. The molecular weight excluding hydrogens is 261 g/mol. The van der Waals surface area contributed by atoms with E-state index in [1.165, 1.54) is 12.1 Å². The minimum Gasteiger partial charge on any atom is -0.317 e. The van der Waals surface area contributed by atoms with Gasteiger partial charge >= 0.3 is 6.03 Å². The molecule has 0 bridgehead atoms. The van der Waals surface area contributed by atoms with Crippen LogP contribution in [0.1, 0.15) is 5.69 Å². The van der Waals surface area contributed by atoms with Gasteiger partial charge in [-0.3, -0.25) is 10.1 Å². The summed E-state index contributed by atoms with van der Waals surface area (Å²) in [6.45, 7) is 0. The van der Waals surface area contributed by atoms with Crippen molar-refractivity contribution >= 4 is 18.0 Å². The van der Waals surface area contributed by atoms with Crippen molar-refractivity contribution in [3.8, 4) is 5.69 Å². The zero-order valence-corrected chi connectivity index (χ0v) is 10.3. The van der Waals surface area contributed by atoms with Gasteiger partial charge in [-0.15, -0.1) is 0 Å². The van der Waals surface area contributed by atoms with Gasteiger partial charge in [0.2, 0.25) is 0 Å². The quantitative estimate of drug-likeness (QED) is 0.646. The summed E-state index contributed by atoms with van der Waals surface area (Å²) in [5, 5.41) is 4.55. The normalized spacial score (nSPS) is 16.4. The molecule has 1 aliphatic rings. The molecule has 6 heteroatoms. The standard InChI is InChI=1S/C14H10FN3O2/c15-9-3-5-10(6-4-9)18-7-1-2-11(18)8-12-13(19)17-14(20)16-12/h1-8H,(H2,16,17,19,20)/b12-8-. The van der Waals surface area contributed by atoms with Gasteiger partial charge in [-0.2, -0.15) is 0 Å². The number of amides is 3. The minimum atomic E-state index is -0.541. The Balaban J connectivity index is 1.99. The SMILES string of the molecule is O=C1NC(=O)/C(=C/c2cccn2-c2ccc(F)cc2)N1. The minimum absolute atomic E-state index is 0.178. The Kier molecular flexibility index (Phi) is 2.83. The second-order valence-electron chi connectivity index (χ2n) is 4.25. The molecule has 0 atom stereocenters. The fraction of sp³-hybridized carbons (Fsp3) is 0. The van der Waals surface area contributed by atoms with Crippen LogP contribution in [-0.2, 0) is 4.79 Å². The summed E-state index contributed by atoms with van der Waals surface area (Å²) in [4.78, 5) is 22.5. The molecule has 2 aromatic rings. The second kappa shape index (κ2) is 4.65. The third-order valence-electron chi connectivity index (χ3n) is 2.90. The molecule has 2 N–H and O–H groups in total. The molecule has 0 aliphatic carbocycles. The van der Waals surface area contributed by atoms with Crippen molar-refractivity contribution in [2.24, 2.45) is 0 Å². The Bertz CT molecular complexity index is 716. The predicted molar refractivity (Wildman–Crippen MR) is 70.4 cm³/mol. The maximum absolute atomic E-state index is 12.9. The first-order chi connectivity index (χ1) is 9.63. The van der Waals surface area contributed by atoms with Gasteiger partial charge < -0.3 is 9.88 Å². The lowest BCUT2D eigenvalue weighted by atomic mass is 10.2. The first-order valence-electron chi connectivity index (χ1n) is 5.91. The first kappa shape index (κ1) is 12.2. The Morgan fingerprint density at radius 3 is 2.45 bits per heavy atom. The van der Waals surface area contributed by atoms with E-state index in [0.29, 0.717) is 5.69 Å². The summed E-state index contributed by atoms with van der Waals surface area (Å²) in [6, 6.07) is 9.02. The highest BCUT2D eigenvalue weighted by Gasteiger charge is 2.23. The Labute approximate surface area is 113 Å². The monoisotopic (exact) mass is 271 g/mol. The number of imide groups is 1. The van der Waals surface area contributed by atoms with Crippen molar-refractivity contribution in [1.82, 2.24) is 15.2 Å². The van der Waals surface area contributed by atoms with E-state index in [4.69, 9.17) is 0 Å². The van der Waals surface area contributed by atoms with Crippen LogP contribution < -0.4 is 10.6 Å². The van der Waals surface area contributed by atoms with Crippen LogP contribution in [0.3, 0.4) is 0 Å². The van der Waals surface area contributed by atoms with E-state index in [-0.39, 0.29) is 11.5 Å². The summed E-state index contributed by atoms with van der Waals surface area (Å²) in [6.07, 6.45) is 3.35. The van der Waals surface area contributed by atoms with Crippen molar-refractivity contribution in [2.45, 2.75) is 0 Å². The average molecular weight is 271 g/mol. The van der Waals surface area contributed by atoms with Gasteiger partial charge in [0.05, 0.1) is 0 Å². The van der Waals surface area contributed by atoms with E-state index in [2.05, 4.69) is 10.6 Å². The highest BCUT2D eigenvalue weighted by molar-refractivity contribution is 6.13. The van der Waals surface area contributed by atoms with Gasteiger partial charge in [0.15, 0.2) is 0 Å². The number of rotatable bonds is 2. The zero-order chi connectivity index (χ0) is 14.1. The molecule has 1 aliphatic heterocycles. The lowest BCUT2D eigenvalue weighted by molar-refractivity contribution is -0.115. The van der Waals surface area contributed by atoms with Gasteiger partial charge in [0.25, 0.3) is 5.91 Å². The Morgan fingerprint density at radius 2 is 1.80 bits per heavy atom. The van der Waals surface area contributed by atoms with Crippen LogP contribution >= 0.6 is 0 Å². The van der Waals surface area contributed by atoms with Crippen LogP contribution in [0.4, 0.5) is 9.18 Å². The lowest BCUT2D eigenvalue weighted by Crippen LogP contribution is -2.22. The molecule has 1 saturated heterocycles. The van der Waals surface area contributed by atoms with Gasteiger partial charge in [0.1, 0.15) is 11.5 Å². The van der Waals surface area contributed by atoms with Crippen LogP contribution in [0.2, 0.25) is 0 Å². The molecule has 2 heterocycles. The van der Waals surface area contributed by atoms with E-state index in [9.17, 15) is 14.0 Å². The molecule has 1 aromatic heterocycles. The zero-order valence-electron chi connectivity index (χ0n) is 10.3. The van der Waals surface area contributed by atoms with E-state index in [0.717, 1.165) is 5.69 Å². The predicted octanol–water partition coefficient (Wildman–Crippen LogP) is 1.80. The molecule has 1 fully saturated rings. The van der Waals surface area contributed by atoms with Crippen molar-refractivity contribution in [1.29, 1.82) is 0 Å². The Morgan fingerprint density at radius 1 is 1.05 bits per heavy atom. The number of hydrogen-bond acceptors (Lipinski definition) is 2. The first-order valence-corrected chi connectivity index (χ1v) is 5.91. The topological polar surface area (TPSA) is 63.1 Å². The van der Waals surface area contributed by atoms with Gasteiger partial charge in [-0.1, -0.05) is 0 Å². The van der Waals surface area contributed by atoms with Gasteiger partial charge in [0, 0.05) is 17.6 Å². The summed E-state index contributed by atoms with van der Waals surface area (Å²) < 4.78 is 14.7. The van der Waals surface area contributed by atoms with Gasteiger partial charge in [-0.25, -0.2) is 9.18 Å². The number of nitrogens with zero attached hydrogens (tertiary/aromatic N) is 1. The van der Waals surface area contributed by atoms with Crippen molar-refractivity contribution < 1.29 is 14.0 Å². The second-order valence-corrected chi connectivity index (χ2v) is 4.25. The van der Waals surface area contributed by atoms with Crippen LogP contribution in [0, 0.1) is 5.82 Å². The number of carbonyl (C=O) groups excluding carboxylic acids is 2. The van der Waals surface area contributed by atoms with E-state index in [1.807, 2.05) is 0 Å². The number of aromatic nitrogens is 1. The molecule has 100 valence electrons. The molecule has 20 heavy (non-hydrogen) atoms. The number of hydrogen-bond donors (Lipinski definition) is 2. The maximum Gasteiger partial charge on any atom is 0.326 e. The fourth-order valence-electron chi connectivity index (χ4n) is 1.98. The number of nitrogens with one attached hydrogen (secondary N) is 2. The molecule has 0 saturated carbocycles. The molecule has 0 unspecified atom stereocenters. The Hall–Kier alpha value is -2.89. The number of benzene rings is 1. The number of urea groups is 1. The van der Waals surface area contributed by atoms with Crippen LogP contribution in [0.15, 0.2) is 48.3 Å². The van der Waals surface area contributed by atoms with E-state index in [1.54, 1.807) is 41.1 Å². The van der Waals surface area contributed by atoms with Crippen molar-refractivity contribution in [3.05, 3.63) is 59.8 Å². The van der Waals surface area contributed by atoms with Crippen LogP contribution in [0.5, 0.6) is 0 Å². The summed E-state index contributed by atoms with van der Waals surface area (Å²) >= 11 is 0. The van der Waals surface area contributed by atoms with Crippen molar-refractivity contribution in [2.75, 3.05) is 0 Å². The summed E-state index contributed by atoms with van der Waals surface area (Å²) in [5.74, 6) is -0.787. The number of halogens is 1. The largest absolute Gasteiger partial charge is 0.326 e. The van der Waals surface area contributed by atoms with Crippen LogP contribution in [-0.4, -0.2) is 16.5 Å². The van der Waals surface area contributed by atoms with Crippen molar-refractivity contribution in [3.63, 3.8) is 0 Å². The average Bonchev–Trinajstić information content (AvgIpc) is 2.98. The summed E-state index contributed by atoms with van der Waals surface area (Å²) in [5.41, 5.74) is 1.63. The molecule has 0 spiro atoms. The third kappa shape index (κ3) is 2.18. The lowest BCUT2D eigenvalue weighted by Gasteiger charge is -2.06. The van der Waals surface area contributed by atoms with E-state index < -0.39 is 11.9 Å². The number of carbonyl (C=O) groups is 2. The van der Waals surface area contributed by atoms with Gasteiger partial charge in [-0.05, 0) is 42.5 Å². The molecule has 5 nitrogen and oxygen atoms in total. The third-order valence-corrected chi connectivity index (χ3v) is 2.90. The smallest absolute Gasteiger partial charge is 0.317 e. The van der Waals surface area contributed by atoms with Crippen LogP contribution in [0.25, 0.3) is 11.8 Å². The molecule has 1 aromatic carbocycles. The highest BCUT2D eigenvalue weighted by Crippen LogP contribution is 2.16. The molecule has 3 rings (SSSR count). The molecule has 3 amide bonds. The maximum atomic E-state index is 12.9. The summed E-state index contributed by atoms with van der Waals surface area (Å²) in [7, 11) is 0. The highest BCUT2D eigenvalue weighted by atomic mass is 19.1.